The molecular formula is C21H36N6O4. The lowest BCUT2D eigenvalue weighted by atomic mass is 9.85. The maximum atomic E-state index is 12.5. The number of likely N-dealkylation sites (N-methyl/N-ethyl adjacent to an activating group) is 1. The molecule has 3 rings (SSSR count). The van der Waals surface area contributed by atoms with Crippen LogP contribution in [0.25, 0.3) is 0 Å². The number of aromatic nitrogens is 3. The fraction of sp³-hybridized carbons (Fsp3) is 0.762. The van der Waals surface area contributed by atoms with Crippen LogP contribution in [-0.2, 0) is 20.9 Å². The van der Waals surface area contributed by atoms with Crippen molar-refractivity contribution in [3.8, 4) is 0 Å². The van der Waals surface area contributed by atoms with Crippen molar-refractivity contribution in [1.29, 1.82) is 0 Å². The van der Waals surface area contributed by atoms with Gasteiger partial charge in [-0.25, -0.2) is 9.67 Å². The summed E-state index contributed by atoms with van der Waals surface area (Å²) in [4.78, 5) is 39.8. The average Bonchev–Trinajstić information content (AvgIpc) is 3.32. The zero-order valence-electron chi connectivity index (χ0n) is 18.8. The van der Waals surface area contributed by atoms with Crippen molar-refractivity contribution in [1.82, 2.24) is 30.3 Å². The van der Waals surface area contributed by atoms with Crippen LogP contribution in [0.5, 0.6) is 0 Å². The molecule has 0 bridgehead atoms. The van der Waals surface area contributed by atoms with E-state index in [-0.39, 0.29) is 36.8 Å². The minimum atomic E-state index is -0.250. The largest absolute Gasteiger partial charge is 0.483 e. The van der Waals surface area contributed by atoms with Gasteiger partial charge in [0.2, 0.25) is 11.8 Å². The second-order valence-corrected chi connectivity index (χ2v) is 8.26. The third-order valence-electron chi connectivity index (χ3n) is 6.14. The van der Waals surface area contributed by atoms with E-state index in [4.69, 9.17) is 9.90 Å². The average molecular weight is 437 g/mol. The maximum Gasteiger partial charge on any atom is 0.290 e. The molecule has 2 amide bonds. The maximum absolute atomic E-state index is 12.5. The Labute approximate surface area is 183 Å². The van der Waals surface area contributed by atoms with Crippen LogP contribution in [0.15, 0.2) is 0 Å². The van der Waals surface area contributed by atoms with Gasteiger partial charge >= 0.3 is 0 Å². The van der Waals surface area contributed by atoms with Crippen molar-refractivity contribution in [3.63, 3.8) is 0 Å². The second-order valence-electron chi connectivity index (χ2n) is 8.26. The van der Waals surface area contributed by atoms with Gasteiger partial charge in [-0.15, -0.1) is 0 Å². The van der Waals surface area contributed by atoms with E-state index >= 15 is 0 Å². The first kappa shape index (κ1) is 24.8. The molecule has 10 nitrogen and oxygen atoms in total. The first-order chi connectivity index (χ1) is 14.9. The number of hydrogen-bond acceptors (Lipinski definition) is 6. The first-order valence-corrected chi connectivity index (χ1v) is 11.1. The van der Waals surface area contributed by atoms with Crippen molar-refractivity contribution >= 4 is 18.3 Å². The highest BCUT2D eigenvalue weighted by molar-refractivity contribution is 5.79. The van der Waals surface area contributed by atoms with Gasteiger partial charge in [0.15, 0.2) is 0 Å². The van der Waals surface area contributed by atoms with Gasteiger partial charge in [-0.2, -0.15) is 5.10 Å². The molecule has 2 aliphatic rings. The number of carbonyl (C=O) groups excluding carboxylic acids is 2. The van der Waals surface area contributed by atoms with Gasteiger partial charge in [-0.05, 0) is 65.5 Å². The summed E-state index contributed by atoms with van der Waals surface area (Å²) in [6, 6.07) is 0.639. The first-order valence-electron chi connectivity index (χ1n) is 11.1. The summed E-state index contributed by atoms with van der Waals surface area (Å²) < 4.78 is 1.63. The molecule has 0 radical (unpaired) electrons. The Kier molecular flexibility index (Phi) is 9.90. The predicted molar refractivity (Wildman–Crippen MR) is 115 cm³/mol. The molecule has 0 aromatic carbocycles. The Morgan fingerprint density at radius 1 is 1.19 bits per heavy atom. The number of likely N-dealkylation sites (tertiary alicyclic amines) is 1. The molecule has 10 heteroatoms. The number of carbonyl (C=O) groups is 3. The Bertz CT molecular complexity index is 729. The van der Waals surface area contributed by atoms with E-state index in [0.29, 0.717) is 11.9 Å². The van der Waals surface area contributed by atoms with E-state index in [1.54, 1.807) is 4.68 Å². The number of hydrogen-bond donors (Lipinski definition) is 3. The summed E-state index contributed by atoms with van der Waals surface area (Å²) in [5.74, 6) is 1.64. The molecule has 1 aromatic heterocycles. The van der Waals surface area contributed by atoms with E-state index < -0.39 is 0 Å². The van der Waals surface area contributed by atoms with Crippen LogP contribution in [0.4, 0.5) is 0 Å². The molecule has 31 heavy (non-hydrogen) atoms. The molecule has 1 unspecified atom stereocenters. The fourth-order valence-electron chi connectivity index (χ4n) is 4.53. The van der Waals surface area contributed by atoms with Crippen molar-refractivity contribution in [2.24, 2.45) is 5.92 Å². The van der Waals surface area contributed by atoms with Gasteiger partial charge in [0.1, 0.15) is 18.2 Å². The summed E-state index contributed by atoms with van der Waals surface area (Å²) >= 11 is 0. The standard InChI is InChI=1S/C20H34N6O2.CH2O2/c1-4-25-11-5-6-18(25)12-21-20(28)16-7-9-17(10-8-16)23-19(27)13-26-15(3)22-14(2)24-26;2-1-3/h16-18H,4-13H2,1-3H3,(H,21,28)(H,23,27);1H,(H,2,3). The highest BCUT2D eigenvalue weighted by atomic mass is 16.3. The van der Waals surface area contributed by atoms with Crippen LogP contribution in [0.2, 0.25) is 0 Å². The molecule has 1 aromatic rings. The van der Waals surface area contributed by atoms with E-state index in [1.165, 1.54) is 12.8 Å². The van der Waals surface area contributed by atoms with E-state index in [2.05, 4.69) is 32.5 Å². The summed E-state index contributed by atoms with van der Waals surface area (Å²) in [6.07, 6.45) is 5.78. The fourth-order valence-corrected chi connectivity index (χ4v) is 4.53. The topological polar surface area (TPSA) is 129 Å². The molecule has 174 valence electrons. The van der Waals surface area contributed by atoms with E-state index in [9.17, 15) is 9.59 Å². The van der Waals surface area contributed by atoms with Gasteiger partial charge < -0.3 is 15.7 Å². The molecule has 0 spiro atoms. The highest BCUT2D eigenvalue weighted by Crippen LogP contribution is 2.25. The van der Waals surface area contributed by atoms with Crippen molar-refractivity contribution < 1.29 is 19.5 Å². The lowest BCUT2D eigenvalue weighted by molar-refractivity contribution is -0.126. The van der Waals surface area contributed by atoms with Gasteiger partial charge in [-0.3, -0.25) is 19.3 Å². The normalized spacial score (nSPS) is 23.5. The zero-order chi connectivity index (χ0) is 22.8. The number of rotatable bonds is 7. The van der Waals surface area contributed by atoms with Crippen molar-refractivity contribution in [2.45, 2.75) is 77.9 Å². The highest BCUT2D eigenvalue weighted by Gasteiger charge is 2.29. The third kappa shape index (κ3) is 7.61. The number of aryl methyl sites for hydroxylation is 2. The number of nitrogens with one attached hydrogen (secondary N) is 2. The minimum absolute atomic E-state index is 0.0400. The SMILES string of the molecule is CCN1CCCC1CNC(=O)C1CCC(NC(=O)Cn2nc(C)nc2C)CC1.O=CO. The van der Waals surface area contributed by atoms with Gasteiger partial charge in [0, 0.05) is 24.5 Å². The van der Waals surface area contributed by atoms with E-state index in [1.807, 2.05) is 13.8 Å². The zero-order valence-corrected chi connectivity index (χ0v) is 18.8. The quantitative estimate of drug-likeness (QED) is 0.541. The number of nitrogens with zero attached hydrogens (tertiary/aromatic N) is 4. The van der Waals surface area contributed by atoms with Gasteiger partial charge in [0.25, 0.3) is 6.47 Å². The summed E-state index contributed by atoms with van der Waals surface area (Å²) in [5.41, 5.74) is 0. The Morgan fingerprint density at radius 3 is 2.45 bits per heavy atom. The Balaban J connectivity index is 0.00000107. The molecular weight excluding hydrogens is 400 g/mol. The van der Waals surface area contributed by atoms with Crippen molar-refractivity contribution in [2.75, 3.05) is 19.6 Å². The van der Waals surface area contributed by atoms with Gasteiger partial charge in [0.05, 0.1) is 0 Å². The molecule has 2 heterocycles. The van der Waals surface area contributed by atoms with Crippen LogP contribution >= 0.6 is 0 Å². The van der Waals surface area contributed by atoms with Crippen LogP contribution < -0.4 is 10.6 Å². The monoisotopic (exact) mass is 436 g/mol. The minimum Gasteiger partial charge on any atom is -0.483 e. The second kappa shape index (κ2) is 12.4. The smallest absolute Gasteiger partial charge is 0.290 e. The number of amides is 2. The predicted octanol–water partition coefficient (Wildman–Crippen LogP) is 0.871. The lowest BCUT2D eigenvalue weighted by Gasteiger charge is -2.29. The molecule has 1 saturated heterocycles. The Morgan fingerprint density at radius 2 is 1.87 bits per heavy atom. The third-order valence-corrected chi connectivity index (χ3v) is 6.14. The Hall–Kier alpha value is -2.49. The summed E-state index contributed by atoms with van der Waals surface area (Å²) in [5, 5.41) is 17.4. The summed E-state index contributed by atoms with van der Waals surface area (Å²) in [6.45, 7) is 8.76. The van der Waals surface area contributed by atoms with Crippen LogP contribution in [-0.4, -0.2) is 74.8 Å². The van der Waals surface area contributed by atoms with Crippen LogP contribution in [0.3, 0.4) is 0 Å². The molecule has 1 aliphatic heterocycles. The molecule has 1 aliphatic carbocycles. The van der Waals surface area contributed by atoms with Crippen LogP contribution in [0.1, 0.15) is 57.1 Å². The summed E-state index contributed by atoms with van der Waals surface area (Å²) in [7, 11) is 0. The van der Waals surface area contributed by atoms with Crippen molar-refractivity contribution in [3.05, 3.63) is 11.6 Å². The molecule has 1 atom stereocenters. The lowest BCUT2D eigenvalue weighted by Crippen LogP contribution is -2.44. The van der Waals surface area contributed by atoms with Gasteiger partial charge in [-0.1, -0.05) is 6.92 Å². The molecule has 2 fully saturated rings. The molecule has 1 saturated carbocycles. The number of carboxylic acid groups (broad SMARTS) is 1. The van der Waals surface area contributed by atoms with E-state index in [0.717, 1.165) is 51.1 Å². The molecule has 3 N–H and O–H groups in total. The van der Waals surface area contributed by atoms with Crippen LogP contribution in [0, 0.1) is 19.8 Å².